The molecule has 0 unspecified atom stereocenters. The van der Waals surface area contributed by atoms with Gasteiger partial charge in [-0.25, -0.2) is 8.42 Å². The quantitative estimate of drug-likeness (QED) is 0.606. The molecule has 35 heavy (non-hydrogen) atoms. The van der Waals surface area contributed by atoms with Crippen LogP contribution in [0.4, 0.5) is 13.2 Å². The molecular weight excluding hydrogens is 491 g/mol. The van der Waals surface area contributed by atoms with Gasteiger partial charge in [0.1, 0.15) is 17.5 Å². The van der Waals surface area contributed by atoms with E-state index in [1.807, 2.05) is 0 Å². The molecule has 1 saturated heterocycles. The largest absolute Gasteiger partial charge is 0.573 e. The zero-order valence-corrected chi connectivity index (χ0v) is 19.7. The number of halogens is 3. The lowest BCUT2D eigenvalue weighted by atomic mass is 10.1. The third kappa shape index (κ3) is 6.63. The minimum atomic E-state index is -4.92. The topological polar surface area (TPSA) is 105 Å². The van der Waals surface area contributed by atoms with Gasteiger partial charge in [-0.15, -0.1) is 13.2 Å². The Morgan fingerprint density at radius 1 is 1.09 bits per heavy atom. The van der Waals surface area contributed by atoms with Crippen molar-refractivity contribution in [1.82, 2.24) is 14.5 Å². The lowest BCUT2D eigenvalue weighted by Crippen LogP contribution is -2.61. The molecule has 3 rings (SSSR count). The highest BCUT2D eigenvalue weighted by Gasteiger charge is 2.41. The summed E-state index contributed by atoms with van der Waals surface area (Å²) in [4.78, 5) is 26.0. The molecule has 1 N–H and O–H groups in total. The number of carbonyl (C=O) groups is 2. The Balaban J connectivity index is 1.82. The number of piperazine rings is 1. The second-order valence-corrected chi connectivity index (χ2v) is 9.58. The maximum Gasteiger partial charge on any atom is 0.573 e. The molecule has 1 aliphatic rings. The number of rotatable bonds is 7. The Morgan fingerprint density at radius 2 is 1.77 bits per heavy atom. The molecule has 0 saturated carbocycles. The average Bonchev–Trinajstić information content (AvgIpc) is 2.81. The highest BCUT2D eigenvalue weighted by Crippen LogP contribution is 2.27. The lowest BCUT2D eigenvalue weighted by molar-refractivity contribution is -0.274. The van der Waals surface area contributed by atoms with Crippen molar-refractivity contribution < 1.29 is 40.7 Å². The standard InChI is InChI=1S/C22H24F3N3O6S/c1-15(29)27-10-11-28(35(31,32)19-8-6-17(7-9-19)34-22(23,24)25)20(14-27)21(30)26-13-16-4-3-5-18(12-16)33-2/h3-9,12,20H,10-11,13-14H2,1-2H3,(H,26,30)/t20-/m1/s1. The normalized spacial score (nSPS) is 17.1. The van der Waals surface area contributed by atoms with E-state index >= 15 is 0 Å². The van der Waals surface area contributed by atoms with Crippen molar-refractivity contribution in [3.8, 4) is 11.5 Å². The second kappa shape index (κ2) is 10.5. The molecule has 0 bridgehead atoms. The van der Waals surface area contributed by atoms with Crippen LogP contribution < -0.4 is 14.8 Å². The van der Waals surface area contributed by atoms with Crippen LogP contribution in [0.2, 0.25) is 0 Å². The van der Waals surface area contributed by atoms with Crippen LogP contribution in [0.1, 0.15) is 12.5 Å². The van der Waals surface area contributed by atoms with Gasteiger partial charge in [0.15, 0.2) is 0 Å². The molecule has 1 fully saturated rings. The van der Waals surface area contributed by atoms with Gasteiger partial charge in [-0.1, -0.05) is 12.1 Å². The van der Waals surface area contributed by atoms with Crippen LogP contribution >= 0.6 is 0 Å². The van der Waals surface area contributed by atoms with Gasteiger partial charge in [0.2, 0.25) is 21.8 Å². The highest BCUT2D eigenvalue weighted by atomic mass is 32.2. The summed E-state index contributed by atoms with van der Waals surface area (Å²) in [5.41, 5.74) is 0.714. The van der Waals surface area contributed by atoms with Gasteiger partial charge in [-0.05, 0) is 42.0 Å². The number of alkyl halides is 3. The maximum absolute atomic E-state index is 13.3. The first-order chi connectivity index (χ1) is 16.4. The molecule has 9 nitrogen and oxygen atoms in total. The molecule has 2 amide bonds. The van der Waals surface area contributed by atoms with Gasteiger partial charge in [0.05, 0.1) is 12.0 Å². The summed E-state index contributed by atoms with van der Waals surface area (Å²) < 4.78 is 73.7. The van der Waals surface area contributed by atoms with Crippen molar-refractivity contribution in [2.24, 2.45) is 0 Å². The molecule has 2 aromatic rings. The first-order valence-corrected chi connectivity index (χ1v) is 11.9. The van der Waals surface area contributed by atoms with Crippen LogP contribution in [0.5, 0.6) is 11.5 Å². The number of methoxy groups -OCH3 is 1. The number of hydrogen-bond donors (Lipinski definition) is 1. The van der Waals surface area contributed by atoms with E-state index in [-0.39, 0.29) is 37.0 Å². The third-order valence-corrected chi connectivity index (χ3v) is 7.27. The van der Waals surface area contributed by atoms with Gasteiger partial charge in [0, 0.05) is 33.1 Å². The number of benzene rings is 2. The zero-order chi connectivity index (χ0) is 25.8. The van der Waals surface area contributed by atoms with Crippen LogP contribution in [0, 0.1) is 0 Å². The number of nitrogens with zero attached hydrogens (tertiary/aromatic N) is 2. The Labute approximate surface area is 200 Å². The van der Waals surface area contributed by atoms with Gasteiger partial charge >= 0.3 is 6.36 Å². The molecule has 0 aliphatic carbocycles. The Morgan fingerprint density at radius 3 is 2.37 bits per heavy atom. The number of nitrogens with one attached hydrogen (secondary N) is 1. The van der Waals surface area contributed by atoms with Crippen molar-refractivity contribution in [3.63, 3.8) is 0 Å². The smallest absolute Gasteiger partial charge is 0.497 e. The van der Waals surface area contributed by atoms with Gasteiger partial charge in [-0.2, -0.15) is 4.31 Å². The predicted molar refractivity (Wildman–Crippen MR) is 118 cm³/mol. The average molecular weight is 516 g/mol. The summed E-state index contributed by atoms with van der Waals surface area (Å²) in [5, 5.41) is 2.68. The molecule has 0 spiro atoms. The molecule has 190 valence electrons. The molecular formula is C22H24F3N3O6S. The summed E-state index contributed by atoms with van der Waals surface area (Å²) in [6.07, 6.45) is -4.92. The Bertz CT molecular complexity index is 1170. The fourth-order valence-corrected chi connectivity index (χ4v) is 5.16. The molecule has 1 aliphatic heterocycles. The Hall–Kier alpha value is -3.32. The molecule has 13 heteroatoms. The van der Waals surface area contributed by atoms with E-state index in [0.29, 0.717) is 11.3 Å². The van der Waals surface area contributed by atoms with E-state index in [1.165, 1.54) is 18.9 Å². The number of amides is 2. The third-order valence-electron chi connectivity index (χ3n) is 5.34. The number of carbonyl (C=O) groups excluding carboxylic acids is 2. The molecule has 2 aromatic carbocycles. The molecule has 1 heterocycles. The lowest BCUT2D eigenvalue weighted by Gasteiger charge is -2.39. The van der Waals surface area contributed by atoms with Crippen LogP contribution in [-0.2, 0) is 26.2 Å². The summed E-state index contributed by atoms with van der Waals surface area (Å²) >= 11 is 0. The molecule has 0 radical (unpaired) electrons. The fourth-order valence-electron chi connectivity index (χ4n) is 3.59. The Kier molecular flexibility index (Phi) is 7.90. The summed E-state index contributed by atoms with van der Waals surface area (Å²) in [6.45, 7) is 1.12. The molecule has 1 atom stereocenters. The monoisotopic (exact) mass is 515 g/mol. The van der Waals surface area contributed by atoms with Gasteiger partial charge < -0.3 is 19.7 Å². The fraction of sp³-hybridized carbons (Fsp3) is 0.364. The van der Waals surface area contributed by atoms with Crippen molar-refractivity contribution in [3.05, 3.63) is 54.1 Å². The molecule has 0 aromatic heterocycles. The minimum Gasteiger partial charge on any atom is -0.497 e. The minimum absolute atomic E-state index is 0.0590. The number of ether oxygens (including phenoxy) is 2. The van der Waals surface area contributed by atoms with Crippen LogP contribution in [-0.4, -0.2) is 68.6 Å². The van der Waals surface area contributed by atoms with Crippen LogP contribution in [0.3, 0.4) is 0 Å². The van der Waals surface area contributed by atoms with Crippen LogP contribution in [0.15, 0.2) is 53.4 Å². The van der Waals surface area contributed by atoms with Crippen molar-refractivity contribution in [2.75, 3.05) is 26.7 Å². The second-order valence-electron chi connectivity index (χ2n) is 7.69. The van der Waals surface area contributed by atoms with Crippen molar-refractivity contribution in [2.45, 2.75) is 30.8 Å². The van der Waals surface area contributed by atoms with E-state index in [0.717, 1.165) is 28.6 Å². The van der Waals surface area contributed by atoms with E-state index in [1.54, 1.807) is 24.3 Å². The number of hydrogen-bond acceptors (Lipinski definition) is 6. The highest BCUT2D eigenvalue weighted by molar-refractivity contribution is 7.89. The van der Waals surface area contributed by atoms with Gasteiger partial charge in [0.25, 0.3) is 0 Å². The predicted octanol–water partition coefficient (Wildman–Crippen LogP) is 2.13. The van der Waals surface area contributed by atoms with Gasteiger partial charge in [-0.3, -0.25) is 9.59 Å². The SMILES string of the molecule is COc1cccc(CNC(=O)[C@H]2CN(C(C)=O)CCN2S(=O)(=O)c2ccc(OC(F)(F)F)cc2)c1. The summed E-state index contributed by atoms with van der Waals surface area (Å²) in [5.74, 6) is -0.939. The van der Waals surface area contributed by atoms with Crippen LogP contribution in [0.25, 0.3) is 0 Å². The van der Waals surface area contributed by atoms with Crippen molar-refractivity contribution in [1.29, 1.82) is 0 Å². The van der Waals surface area contributed by atoms with E-state index < -0.39 is 34.1 Å². The summed E-state index contributed by atoms with van der Waals surface area (Å²) in [7, 11) is -2.78. The first-order valence-electron chi connectivity index (χ1n) is 10.4. The van der Waals surface area contributed by atoms with E-state index in [2.05, 4.69) is 10.1 Å². The maximum atomic E-state index is 13.3. The number of sulfonamides is 1. The zero-order valence-electron chi connectivity index (χ0n) is 18.9. The van der Waals surface area contributed by atoms with E-state index in [9.17, 15) is 31.2 Å². The van der Waals surface area contributed by atoms with Crippen molar-refractivity contribution >= 4 is 21.8 Å². The summed E-state index contributed by atoms with van der Waals surface area (Å²) in [6, 6.07) is 9.39. The van der Waals surface area contributed by atoms with E-state index in [4.69, 9.17) is 4.74 Å². The first kappa shape index (κ1) is 26.3.